The van der Waals surface area contributed by atoms with E-state index in [0.29, 0.717) is 11.3 Å². The predicted octanol–water partition coefficient (Wildman–Crippen LogP) is 3.50. The van der Waals surface area contributed by atoms with Crippen LogP contribution in [-0.4, -0.2) is 18.8 Å². The molecule has 0 bridgehead atoms. The van der Waals surface area contributed by atoms with Crippen LogP contribution in [0.1, 0.15) is 30.2 Å². The normalized spacial score (nSPS) is 13.7. The zero-order valence-electron chi connectivity index (χ0n) is 12.8. The molecule has 2 atom stereocenters. The summed E-state index contributed by atoms with van der Waals surface area (Å²) in [5.41, 5.74) is 0.949. The van der Waals surface area contributed by atoms with Gasteiger partial charge in [0.05, 0.1) is 13.2 Å². The SMILES string of the molecule is COc1ccc(C(O)CNC(C)c2cc(F)c(F)c(F)c2)cc1. The van der Waals surface area contributed by atoms with Crippen LogP contribution in [0.4, 0.5) is 13.2 Å². The second-order valence-corrected chi connectivity index (χ2v) is 5.22. The Morgan fingerprint density at radius 2 is 1.61 bits per heavy atom. The van der Waals surface area contributed by atoms with Gasteiger partial charge in [-0.2, -0.15) is 0 Å². The summed E-state index contributed by atoms with van der Waals surface area (Å²) < 4.78 is 44.5. The van der Waals surface area contributed by atoms with Crippen molar-refractivity contribution >= 4 is 0 Å². The number of methoxy groups -OCH3 is 1. The number of nitrogens with one attached hydrogen (secondary N) is 1. The summed E-state index contributed by atoms with van der Waals surface area (Å²) in [6.45, 7) is 1.85. The van der Waals surface area contributed by atoms with Gasteiger partial charge in [-0.05, 0) is 42.3 Å². The van der Waals surface area contributed by atoms with Crippen molar-refractivity contribution in [1.82, 2.24) is 5.32 Å². The molecule has 0 spiro atoms. The van der Waals surface area contributed by atoms with Crippen molar-refractivity contribution in [3.63, 3.8) is 0 Å². The van der Waals surface area contributed by atoms with E-state index in [4.69, 9.17) is 4.74 Å². The van der Waals surface area contributed by atoms with Crippen molar-refractivity contribution in [2.75, 3.05) is 13.7 Å². The number of hydrogen-bond donors (Lipinski definition) is 2. The molecule has 0 amide bonds. The number of aliphatic hydroxyl groups is 1. The molecular formula is C17H18F3NO2. The van der Waals surface area contributed by atoms with Gasteiger partial charge in [0.1, 0.15) is 5.75 Å². The Balaban J connectivity index is 1.99. The molecule has 2 N–H and O–H groups in total. The van der Waals surface area contributed by atoms with Crippen LogP contribution in [0.25, 0.3) is 0 Å². The van der Waals surface area contributed by atoms with E-state index in [1.165, 1.54) is 0 Å². The molecule has 0 heterocycles. The quantitative estimate of drug-likeness (QED) is 0.799. The summed E-state index contributed by atoms with van der Waals surface area (Å²) in [5.74, 6) is -3.27. The van der Waals surface area contributed by atoms with Crippen LogP contribution < -0.4 is 10.1 Å². The molecule has 0 aliphatic carbocycles. The monoisotopic (exact) mass is 325 g/mol. The smallest absolute Gasteiger partial charge is 0.194 e. The van der Waals surface area contributed by atoms with E-state index in [1.54, 1.807) is 38.3 Å². The average molecular weight is 325 g/mol. The van der Waals surface area contributed by atoms with Crippen molar-refractivity contribution in [3.8, 4) is 5.75 Å². The van der Waals surface area contributed by atoms with E-state index in [-0.39, 0.29) is 12.1 Å². The van der Waals surface area contributed by atoms with Crippen molar-refractivity contribution < 1.29 is 23.0 Å². The molecule has 0 aliphatic rings. The number of benzene rings is 2. The van der Waals surface area contributed by atoms with E-state index in [9.17, 15) is 18.3 Å². The third-order valence-electron chi connectivity index (χ3n) is 3.62. The van der Waals surface area contributed by atoms with E-state index < -0.39 is 29.6 Å². The third-order valence-corrected chi connectivity index (χ3v) is 3.62. The first-order valence-corrected chi connectivity index (χ1v) is 7.12. The summed E-state index contributed by atoms with van der Waals surface area (Å²) in [6.07, 6.45) is -0.793. The predicted molar refractivity (Wildman–Crippen MR) is 80.7 cm³/mol. The lowest BCUT2D eigenvalue weighted by Crippen LogP contribution is -2.25. The molecule has 2 aromatic rings. The maximum absolute atomic E-state index is 13.2. The summed E-state index contributed by atoms with van der Waals surface area (Å²) in [7, 11) is 1.55. The lowest BCUT2D eigenvalue weighted by Gasteiger charge is -2.18. The van der Waals surface area contributed by atoms with Gasteiger partial charge in [-0.1, -0.05) is 12.1 Å². The number of hydrogen-bond acceptors (Lipinski definition) is 3. The van der Waals surface area contributed by atoms with Crippen LogP contribution in [0.3, 0.4) is 0 Å². The van der Waals surface area contributed by atoms with Gasteiger partial charge < -0.3 is 15.2 Å². The molecule has 0 radical (unpaired) electrons. The number of halogens is 3. The van der Waals surface area contributed by atoms with Crippen LogP contribution in [0.2, 0.25) is 0 Å². The average Bonchev–Trinajstić information content (AvgIpc) is 2.56. The summed E-state index contributed by atoms with van der Waals surface area (Å²) in [4.78, 5) is 0. The molecule has 23 heavy (non-hydrogen) atoms. The molecule has 124 valence electrons. The number of aliphatic hydroxyl groups excluding tert-OH is 1. The molecule has 0 aliphatic heterocycles. The van der Waals surface area contributed by atoms with Crippen LogP contribution in [0, 0.1) is 17.5 Å². The van der Waals surface area contributed by atoms with Crippen molar-refractivity contribution in [2.45, 2.75) is 19.1 Å². The fourth-order valence-corrected chi connectivity index (χ4v) is 2.18. The third kappa shape index (κ3) is 4.24. The molecule has 2 unspecified atom stereocenters. The molecule has 2 rings (SSSR count). The molecule has 0 saturated heterocycles. The van der Waals surface area contributed by atoms with Crippen LogP contribution >= 0.6 is 0 Å². The minimum Gasteiger partial charge on any atom is -0.497 e. The van der Waals surface area contributed by atoms with Crippen LogP contribution in [0.5, 0.6) is 5.75 Å². The number of rotatable bonds is 6. The Kier molecular flexibility index (Phi) is 5.63. The first-order chi connectivity index (χ1) is 10.9. The van der Waals surface area contributed by atoms with E-state index in [0.717, 1.165) is 12.1 Å². The highest BCUT2D eigenvalue weighted by Crippen LogP contribution is 2.21. The Bertz CT molecular complexity index is 638. The van der Waals surface area contributed by atoms with Crippen LogP contribution in [-0.2, 0) is 0 Å². The molecule has 3 nitrogen and oxygen atoms in total. The molecular weight excluding hydrogens is 307 g/mol. The van der Waals surface area contributed by atoms with E-state index in [1.807, 2.05) is 0 Å². The Hall–Kier alpha value is -2.05. The van der Waals surface area contributed by atoms with Crippen LogP contribution in [0.15, 0.2) is 36.4 Å². The minimum absolute atomic E-state index is 0.175. The topological polar surface area (TPSA) is 41.5 Å². The molecule has 2 aromatic carbocycles. The van der Waals surface area contributed by atoms with Gasteiger partial charge in [0.25, 0.3) is 0 Å². The standard InChI is InChI=1S/C17H18F3NO2/c1-10(12-7-14(18)17(20)15(19)8-12)21-9-16(22)11-3-5-13(23-2)6-4-11/h3-8,10,16,21-22H,9H2,1-2H3. The van der Waals surface area contributed by atoms with Gasteiger partial charge in [0.2, 0.25) is 0 Å². The largest absolute Gasteiger partial charge is 0.497 e. The second-order valence-electron chi connectivity index (χ2n) is 5.22. The van der Waals surface area contributed by atoms with Gasteiger partial charge >= 0.3 is 0 Å². The number of ether oxygens (including phenoxy) is 1. The highest BCUT2D eigenvalue weighted by atomic mass is 19.2. The maximum Gasteiger partial charge on any atom is 0.194 e. The first kappa shape index (κ1) is 17.3. The van der Waals surface area contributed by atoms with Gasteiger partial charge in [-0.15, -0.1) is 0 Å². The lowest BCUT2D eigenvalue weighted by atomic mass is 10.1. The summed E-state index contributed by atoms with van der Waals surface area (Å²) >= 11 is 0. The maximum atomic E-state index is 13.2. The fourth-order valence-electron chi connectivity index (χ4n) is 2.18. The zero-order chi connectivity index (χ0) is 17.0. The highest BCUT2D eigenvalue weighted by molar-refractivity contribution is 5.28. The van der Waals surface area contributed by atoms with Gasteiger partial charge in [0.15, 0.2) is 17.5 Å². The lowest BCUT2D eigenvalue weighted by molar-refractivity contribution is 0.170. The van der Waals surface area contributed by atoms with Gasteiger partial charge in [-0.25, -0.2) is 13.2 Å². The van der Waals surface area contributed by atoms with Crippen molar-refractivity contribution in [2.24, 2.45) is 0 Å². The highest BCUT2D eigenvalue weighted by Gasteiger charge is 2.15. The first-order valence-electron chi connectivity index (χ1n) is 7.12. The van der Waals surface area contributed by atoms with Gasteiger partial charge in [-0.3, -0.25) is 0 Å². The Labute approximate surface area is 132 Å². The molecule has 0 saturated carbocycles. The zero-order valence-corrected chi connectivity index (χ0v) is 12.8. The molecule has 0 aromatic heterocycles. The Morgan fingerprint density at radius 1 is 1.04 bits per heavy atom. The minimum atomic E-state index is -1.49. The van der Waals surface area contributed by atoms with E-state index >= 15 is 0 Å². The van der Waals surface area contributed by atoms with Crippen molar-refractivity contribution in [1.29, 1.82) is 0 Å². The Morgan fingerprint density at radius 3 is 2.13 bits per heavy atom. The second kappa shape index (κ2) is 7.48. The van der Waals surface area contributed by atoms with Gasteiger partial charge in [0, 0.05) is 12.6 Å². The van der Waals surface area contributed by atoms with Crippen molar-refractivity contribution in [3.05, 3.63) is 65.0 Å². The molecule has 6 heteroatoms. The summed E-state index contributed by atoms with van der Waals surface area (Å²) in [6, 6.07) is 8.35. The van der Waals surface area contributed by atoms with E-state index in [2.05, 4.69) is 5.32 Å². The summed E-state index contributed by atoms with van der Waals surface area (Å²) in [5, 5.41) is 13.1. The molecule has 0 fully saturated rings. The fraction of sp³-hybridized carbons (Fsp3) is 0.294.